The maximum Gasteiger partial charge on any atom is 0.292 e. The maximum atomic E-state index is 11.9. The highest BCUT2D eigenvalue weighted by atomic mass is 32.2. The maximum absolute atomic E-state index is 11.9. The molecule has 3 aromatic rings. The fraction of sp³-hybridized carbons (Fsp3) is 0.0714. The van der Waals surface area contributed by atoms with Crippen molar-refractivity contribution in [3.05, 3.63) is 52.8 Å². The van der Waals surface area contributed by atoms with Gasteiger partial charge in [-0.2, -0.15) is 0 Å². The number of thioether (sulfide) groups is 1. The Bertz CT molecular complexity index is 862. The molecule has 2 aromatic heterocycles. The summed E-state index contributed by atoms with van der Waals surface area (Å²) in [7, 11) is 0. The molecule has 24 heavy (non-hydrogen) atoms. The molecular formula is C14H10N4O5S. The number of rotatable bonds is 6. The second-order valence-electron chi connectivity index (χ2n) is 4.46. The van der Waals surface area contributed by atoms with Crippen LogP contribution in [-0.4, -0.2) is 26.8 Å². The highest BCUT2D eigenvalue weighted by Crippen LogP contribution is 2.25. The lowest BCUT2D eigenvalue weighted by Crippen LogP contribution is -2.15. The van der Waals surface area contributed by atoms with Crippen LogP contribution in [0.3, 0.4) is 0 Å². The van der Waals surface area contributed by atoms with Crippen molar-refractivity contribution in [2.75, 3.05) is 11.1 Å². The Morgan fingerprint density at radius 3 is 2.83 bits per heavy atom. The van der Waals surface area contributed by atoms with E-state index in [9.17, 15) is 14.9 Å². The number of nitrogens with zero attached hydrogens (tertiary/aromatic N) is 3. The average molecular weight is 346 g/mol. The van der Waals surface area contributed by atoms with Gasteiger partial charge in [0, 0.05) is 6.07 Å². The predicted octanol–water partition coefficient (Wildman–Crippen LogP) is 2.97. The largest absolute Gasteiger partial charge is 0.459 e. The number of nitrogens with one attached hydrogen (secondary N) is 1. The molecule has 0 saturated heterocycles. The third-order valence-electron chi connectivity index (χ3n) is 2.84. The first-order chi connectivity index (χ1) is 11.6. The van der Waals surface area contributed by atoms with Crippen molar-refractivity contribution in [2.24, 2.45) is 0 Å². The molecule has 0 saturated carbocycles. The number of furan rings is 1. The molecule has 0 spiro atoms. The zero-order chi connectivity index (χ0) is 16.9. The second-order valence-corrected chi connectivity index (χ2v) is 5.39. The van der Waals surface area contributed by atoms with Crippen LogP contribution in [0.5, 0.6) is 0 Å². The third-order valence-corrected chi connectivity index (χ3v) is 3.66. The van der Waals surface area contributed by atoms with Crippen molar-refractivity contribution < 1.29 is 18.6 Å². The zero-order valence-electron chi connectivity index (χ0n) is 12.0. The molecule has 10 heteroatoms. The number of carbonyl (C=O) groups excluding carboxylic acids is 1. The van der Waals surface area contributed by atoms with E-state index in [4.69, 9.17) is 8.83 Å². The van der Waals surface area contributed by atoms with Gasteiger partial charge < -0.3 is 14.2 Å². The molecule has 0 unspecified atom stereocenters. The van der Waals surface area contributed by atoms with Crippen molar-refractivity contribution >= 4 is 29.0 Å². The van der Waals surface area contributed by atoms with E-state index in [1.165, 1.54) is 24.5 Å². The fourth-order valence-corrected chi connectivity index (χ4v) is 2.38. The van der Waals surface area contributed by atoms with Crippen LogP contribution < -0.4 is 5.32 Å². The minimum Gasteiger partial charge on any atom is -0.459 e. The van der Waals surface area contributed by atoms with Gasteiger partial charge in [-0.05, 0) is 18.2 Å². The number of hydrogen-bond acceptors (Lipinski definition) is 8. The summed E-state index contributed by atoms with van der Waals surface area (Å²) in [4.78, 5) is 22.3. The lowest BCUT2D eigenvalue weighted by atomic mass is 10.2. The third kappa shape index (κ3) is 3.60. The molecule has 1 amide bonds. The first kappa shape index (κ1) is 15.7. The van der Waals surface area contributed by atoms with E-state index in [-0.39, 0.29) is 28.2 Å². The second kappa shape index (κ2) is 6.96. The molecule has 3 rings (SSSR count). The average Bonchev–Trinajstić information content (AvgIpc) is 3.24. The number of benzene rings is 1. The van der Waals surface area contributed by atoms with Gasteiger partial charge >= 0.3 is 0 Å². The molecule has 0 aliphatic heterocycles. The summed E-state index contributed by atoms with van der Waals surface area (Å²) in [6, 6.07) is 9.26. The number of carbonyl (C=O) groups is 1. The Kier molecular flexibility index (Phi) is 4.57. The number of nitro groups is 1. The van der Waals surface area contributed by atoms with Gasteiger partial charge in [0.1, 0.15) is 5.69 Å². The number of hydrogen-bond donors (Lipinski definition) is 1. The summed E-state index contributed by atoms with van der Waals surface area (Å²) >= 11 is 1.02. The van der Waals surface area contributed by atoms with Crippen molar-refractivity contribution in [2.45, 2.75) is 5.22 Å². The monoisotopic (exact) mass is 346 g/mol. The Labute approximate surface area is 139 Å². The standard InChI is InChI=1S/C14H10N4O5S/c19-12(15-9-4-1-2-5-10(9)18(20)21)8-24-14-17-16-13(23-14)11-6-3-7-22-11/h1-7H,8H2,(H,15,19). The number of aromatic nitrogens is 2. The number of anilines is 1. The van der Waals surface area contributed by atoms with Gasteiger partial charge in [0.15, 0.2) is 5.76 Å². The summed E-state index contributed by atoms with van der Waals surface area (Å²) < 4.78 is 10.5. The SMILES string of the molecule is O=C(CSc1nnc(-c2ccco2)o1)Nc1ccccc1[N+](=O)[O-]. The molecule has 0 fully saturated rings. The molecule has 1 aromatic carbocycles. The molecule has 0 bridgehead atoms. The molecule has 0 aliphatic carbocycles. The molecule has 9 nitrogen and oxygen atoms in total. The van der Waals surface area contributed by atoms with Gasteiger partial charge in [0.2, 0.25) is 5.91 Å². The number of amides is 1. The van der Waals surface area contributed by atoms with E-state index >= 15 is 0 Å². The fourth-order valence-electron chi connectivity index (χ4n) is 1.82. The van der Waals surface area contributed by atoms with Crippen molar-refractivity contribution in [3.8, 4) is 11.7 Å². The summed E-state index contributed by atoms with van der Waals surface area (Å²) in [5, 5.41) is 21.2. The van der Waals surface area contributed by atoms with E-state index in [0.717, 1.165) is 11.8 Å². The molecule has 0 radical (unpaired) electrons. The van der Waals surface area contributed by atoms with Crippen LogP contribution in [0.15, 0.2) is 56.7 Å². The number of nitro benzene ring substituents is 1. The summed E-state index contributed by atoms with van der Waals surface area (Å²) in [6.07, 6.45) is 1.48. The topological polar surface area (TPSA) is 124 Å². The molecule has 1 N–H and O–H groups in total. The Balaban J connectivity index is 1.59. The molecule has 2 heterocycles. The van der Waals surface area contributed by atoms with E-state index < -0.39 is 10.8 Å². The van der Waals surface area contributed by atoms with E-state index in [0.29, 0.717) is 5.76 Å². The van der Waals surface area contributed by atoms with E-state index in [1.807, 2.05) is 0 Å². The Morgan fingerprint density at radius 2 is 2.08 bits per heavy atom. The minimum atomic E-state index is -0.559. The normalized spacial score (nSPS) is 10.5. The highest BCUT2D eigenvalue weighted by Gasteiger charge is 2.16. The van der Waals surface area contributed by atoms with Gasteiger partial charge in [0.25, 0.3) is 16.8 Å². The van der Waals surface area contributed by atoms with Gasteiger partial charge in [-0.15, -0.1) is 10.2 Å². The molecule has 0 aliphatic rings. The van der Waals surface area contributed by atoms with Crippen LogP contribution in [0.1, 0.15) is 0 Å². The molecular weight excluding hydrogens is 336 g/mol. The van der Waals surface area contributed by atoms with Crippen LogP contribution in [0.4, 0.5) is 11.4 Å². The quantitative estimate of drug-likeness (QED) is 0.410. The van der Waals surface area contributed by atoms with Crippen molar-refractivity contribution in [3.63, 3.8) is 0 Å². The van der Waals surface area contributed by atoms with Crippen LogP contribution in [0, 0.1) is 10.1 Å². The number of para-hydroxylation sites is 2. The van der Waals surface area contributed by atoms with Gasteiger partial charge in [0.05, 0.1) is 16.9 Å². The first-order valence-electron chi connectivity index (χ1n) is 6.67. The lowest BCUT2D eigenvalue weighted by molar-refractivity contribution is -0.383. The molecule has 0 atom stereocenters. The zero-order valence-corrected chi connectivity index (χ0v) is 12.9. The van der Waals surface area contributed by atoms with E-state index in [1.54, 1.807) is 18.2 Å². The van der Waals surface area contributed by atoms with Crippen LogP contribution in [-0.2, 0) is 4.79 Å². The minimum absolute atomic E-state index is 0.0359. The van der Waals surface area contributed by atoms with Gasteiger partial charge in [-0.25, -0.2) is 0 Å². The highest BCUT2D eigenvalue weighted by molar-refractivity contribution is 7.99. The smallest absolute Gasteiger partial charge is 0.292 e. The predicted molar refractivity (Wildman–Crippen MR) is 84.5 cm³/mol. The lowest BCUT2D eigenvalue weighted by Gasteiger charge is -2.04. The van der Waals surface area contributed by atoms with Gasteiger partial charge in [-0.1, -0.05) is 23.9 Å². The summed E-state index contributed by atoms with van der Waals surface area (Å²) in [5.41, 5.74) is -0.0383. The Hall–Kier alpha value is -3.14. The van der Waals surface area contributed by atoms with Crippen molar-refractivity contribution in [1.29, 1.82) is 0 Å². The van der Waals surface area contributed by atoms with Crippen LogP contribution in [0.2, 0.25) is 0 Å². The first-order valence-corrected chi connectivity index (χ1v) is 7.65. The Morgan fingerprint density at radius 1 is 1.25 bits per heavy atom. The summed E-state index contributed by atoms with van der Waals surface area (Å²) in [6.45, 7) is 0. The van der Waals surface area contributed by atoms with Gasteiger partial charge in [-0.3, -0.25) is 14.9 Å². The van der Waals surface area contributed by atoms with E-state index in [2.05, 4.69) is 15.5 Å². The van der Waals surface area contributed by atoms with Crippen LogP contribution in [0.25, 0.3) is 11.7 Å². The van der Waals surface area contributed by atoms with Crippen LogP contribution >= 0.6 is 11.8 Å². The summed E-state index contributed by atoms with van der Waals surface area (Å²) in [5.74, 6) is 0.179. The molecule has 122 valence electrons. The van der Waals surface area contributed by atoms with Crippen molar-refractivity contribution in [1.82, 2.24) is 10.2 Å².